The van der Waals surface area contributed by atoms with E-state index >= 15 is 0 Å². The topological polar surface area (TPSA) is 134 Å². The summed E-state index contributed by atoms with van der Waals surface area (Å²) in [4.78, 5) is 45.0. The number of esters is 1. The molecule has 2 atom stereocenters. The van der Waals surface area contributed by atoms with Crippen molar-refractivity contribution in [1.29, 1.82) is 0 Å². The summed E-state index contributed by atoms with van der Waals surface area (Å²) in [5.74, 6) is -0.143. The Morgan fingerprint density at radius 2 is 1.98 bits per heavy atom. The number of H-pyrrole nitrogens is 1. The van der Waals surface area contributed by atoms with Gasteiger partial charge in [0.1, 0.15) is 27.8 Å². The number of piperidine rings is 1. The van der Waals surface area contributed by atoms with Gasteiger partial charge in [0, 0.05) is 31.9 Å². The van der Waals surface area contributed by atoms with Gasteiger partial charge in [-0.3, -0.25) is 4.79 Å². The smallest absolute Gasteiger partial charge is 0.350 e. The average Bonchev–Trinajstić information content (AvgIpc) is 3.52. The molecule has 1 saturated heterocycles. The van der Waals surface area contributed by atoms with Crippen molar-refractivity contribution in [3.8, 4) is 11.4 Å². The monoisotopic (exact) mass is 623 g/mol. The van der Waals surface area contributed by atoms with Crippen LogP contribution in [-0.2, 0) is 9.47 Å². The summed E-state index contributed by atoms with van der Waals surface area (Å²) >= 11 is 13.7. The van der Waals surface area contributed by atoms with Crippen LogP contribution in [0.3, 0.4) is 0 Å². The molecule has 0 bridgehead atoms. The van der Waals surface area contributed by atoms with Crippen LogP contribution in [0.1, 0.15) is 65.9 Å². The molecule has 4 rings (SSSR count). The SMILES string of the molecule is CCCCNc1cnc(-c2nc(N3CC[C@@H](NC(=O)c4[nH]c(C)c(Cl)c4Cl)[C@@H](OCC)C3)sc2C(=O)OCC)cn1. The molecule has 0 spiro atoms. The second kappa shape index (κ2) is 14.3. The van der Waals surface area contributed by atoms with Gasteiger partial charge in [0.15, 0.2) is 5.13 Å². The third-order valence-corrected chi connectivity index (χ3v) is 8.66. The largest absolute Gasteiger partial charge is 0.462 e. The predicted octanol–water partition coefficient (Wildman–Crippen LogP) is 5.35. The highest BCUT2D eigenvalue weighted by molar-refractivity contribution is 7.17. The highest BCUT2D eigenvalue weighted by Gasteiger charge is 2.34. The van der Waals surface area contributed by atoms with Crippen molar-refractivity contribution in [2.75, 3.05) is 43.1 Å². The molecular weight excluding hydrogens is 589 g/mol. The van der Waals surface area contributed by atoms with Gasteiger partial charge >= 0.3 is 5.97 Å². The Bertz CT molecular complexity index is 1350. The van der Waals surface area contributed by atoms with E-state index in [1.807, 2.05) is 6.92 Å². The first-order valence-corrected chi connectivity index (χ1v) is 15.3. The Morgan fingerprint density at radius 1 is 1.17 bits per heavy atom. The highest BCUT2D eigenvalue weighted by Crippen LogP contribution is 2.35. The molecule has 1 amide bonds. The van der Waals surface area contributed by atoms with Crippen molar-refractivity contribution < 1.29 is 19.1 Å². The molecule has 11 nitrogen and oxygen atoms in total. The van der Waals surface area contributed by atoms with Gasteiger partial charge in [-0.1, -0.05) is 47.9 Å². The van der Waals surface area contributed by atoms with Crippen LogP contribution in [0.5, 0.6) is 0 Å². The lowest BCUT2D eigenvalue weighted by Crippen LogP contribution is -2.55. The molecule has 0 aromatic carbocycles. The molecule has 1 fully saturated rings. The first kappa shape index (κ1) is 31.0. The molecule has 0 radical (unpaired) electrons. The van der Waals surface area contributed by atoms with Gasteiger partial charge in [-0.15, -0.1) is 0 Å². The van der Waals surface area contributed by atoms with E-state index in [1.165, 1.54) is 11.3 Å². The molecule has 3 N–H and O–H groups in total. The van der Waals surface area contributed by atoms with Crippen molar-refractivity contribution in [2.24, 2.45) is 0 Å². The molecule has 0 unspecified atom stereocenters. The molecular formula is C27H35Cl2N7O4S. The van der Waals surface area contributed by atoms with Crippen molar-refractivity contribution in [3.05, 3.63) is 38.7 Å². The second-order valence-corrected chi connectivity index (χ2v) is 11.3. The number of carbonyl (C=O) groups is 2. The maximum atomic E-state index is 13.0. The van der Waals surface area contributed by atoms with Crippen LogP contribution in [0, 0.1) is 6.92 Å². The van der Waals surface area contributed by atoms with E-state index in [4.69, 9.17) is 37.7 Å². The molecule has 3 aromatic rings. The zero-order chi connectivity index (χ0) is 29.5. The number of thiazole rings is 1. The number of carbonyl (C=O) groups excluding carboxylic acids is 2. The van der Waals surface area contributed by atoms with E-state index in [2.05, 4.69) is 37.4 Å². The Balaban J connectivity index is 1.53. The lowest BCUT2D eigenvalue weighted by Gasteiger charge is -2.38. The number of aromatic nitrogens is 4. The first-order valence-electron chi connectivity index (χ1n) is 13.7. The van der Waals surface area contributed by atoms with Gasteiger partial charge in [0.2, 0.25) is 0 Å². The number of rotatable bonds is 12. The van der Waals surface area contributed by atoms with E-state index in [0.29, 0.717) is 64.0 Å². The Kier molecular flexibility index (Phi) is 10.8. The Morgan fingerprint density at radius 3 is 2.61 bits per heavy atom. The van der Waals surface area contributed by atoms with Crippen LogP contribution in [-0.4, -0.2) is 76.8 Å². The number of ether oxygens (including phenoxy) is 2. The number of anilines is 2. The van der Waals surface area contributed by atoms with Gasteiger partial charge in [0.05, 0.1) is 41.2 Å². The summed E-state index contributed by atoms with van der Waals surface area (Å²) in [6, 6.07) is -0.264. The summed E-state index contributed by atoms with van der Waals surface area (Å²) in [7, 11) is 0. The summed E-state index contributed by atoms with van der Waals surface area (Å²) in [6.07, 6.45) is 5.62. The number of aryl methyl sites for hydroxylation is 1. The van der Waals surface area contributed by atoms with Gasteiger partial charge in [-0.25, -0.2) is 19.7 Å². The fourth-order valence-electron chi connectivity index (χ4n) is 4.49. The van der Waals surface area contributed by atoms with Gasteiger partial charge in [0.25, 0.3) is 5.91 Å². The number of nitrogens with one attached hydrogen (secondary N) is 3. The van der Waals surface area contributed by atoms with Gasteiger partial charge in [-0.2, -0.15) is 0 Å². The maximum absolute atomic E-state index is 13.0. The van der Waals surface area contributed by atoms with E-state index in [1.54, 1.807) is 26.2 Å². The third kappa shape index (κ3) is 7.29. The minimum Gasteiger partial charge on any atom is -0.462 e. The van der Waals surface area contributed by atoms with Gasteiger partial charge in [-0.05, 0) is 33.6 Å². The van der Waals surface area contributed by atoms with E-state index in [9.17, 15) is 9.59 Å². The summed E-state index contributed by atoms with van der Waals surface area (Å²) in [5.41, 5.74) is 1.76. The number of nitrogens with zero attached hydrogens (tertiary/aromatic N) is 4. The minimum atomic E-state index is -0.460. The molecule has 0 saturated carbocycles. The summed E-state index contributed by atoms with van der Waals surface area (Å²) in [6.45, 7) is 10.1. The summed E-state index contributed by atoms with van der Waals surface area (Å²) < 4.78 is 11.4. The molecule has 14 heteroatoms. The molecule has 3 aromatic heterocycles. The van der Waals surface area contributed by atoms with Crippen molar-refractivity contribution in [1.82, 2.24) is 25.3 Å². The van der Waals surface area contributed by atoms with Crippen molar-refractivity contribution >= 4 is 57.4 Å². The van der Waals surface area contributed by atoms with E-state index < -0.39 is 5.97 Å². The molecule has 4 heterocycles. The lowest BCUT2D eigenvalue weighted by molar-refractivity contribution is 0.0272. The molecule has 1 aliphatic rings. The molecule has 1 aliphatic heterocycles. The molecule has 222 valence electrons. The van der Waals surface area contributed by atoms with Crippen LogP contribution < -0.4 is 15.5 Å². The minimum absolute atomic E-state index is 0.196. The normalized spacial score (nSPS) is 17.0. The summed E-state index contributed by atoms with van der Waals surface area (Å²) in [5, 5.41) is 7.45. The van der Waals surface area contributed by atoms with Crippen molar-refractivity contribution in [2.45, 2.75) is 59.1 Å². The average molecular weight is 625 g/mol. The number of unbranched alkanes of at least 4 members (excludes halogenated alkanes) is 1. The van der Waals surface area contributed by atoms with E-state index in [0.717, 1.165) is 19.4 Å². The Labute approximate surface area is 253 Å². The van der Waals surface area contributed by atoms with Crippen LogP contribution in [0.15, 0.2) is 12.4 Å². The third-order valence-electron chi connectivity index (χ3n) is 6.62. The van der Waals surface area contributed by atoms with Crippen molar-refractivity contribution in [3.63, 3.8) is 0 Å². The van der Waals surface area contributed by atoms with Crippen LogP contribution in [0.25, 0.3) is 11.4 Å². The van der Waals surface area contributed by atoms with E-state index in [-0.39, 0.29) is 35.4 Å². The second-order valence-electron chi connectivity index (χ2n) is 9.52. The number of amides is 1. The van der Waals surface area contributed by atoms with Crippen LogP contribution >= 0.6 is 34.5 Å². The fourth-order valence-corrected chi connectivity index (χ4v) is 5.91. The van der Waals surface area contributed by atoms with Crippen LogP contribution in [0.4, 0.5) is 10.9 Å². The standard InChI is InChI=1S/C27H35Cl2N7O4S/c1-5-8-10-30-19-13-31-17(12-32-19)22-24(26(38)40-7-3)41-27(35-22)36-11-9-16(18(14-36)39-6-2)34-25(37)23-21(29)20(28)15(4)33-23/h12-13,16,18,33H,5-11,14H2,1-4H3,(H,30,32)(H,34,37)/t16-,18+/m1/s1. The zero-order valence-electron chi connectivity index (χ0n) is 23.6. The fraction of sp³-hybridized carbons (Fsp3) is 0.519. The zero-order valence-corrected chi connectivity index (χ0v) is 25.9. The van der Waals surface area contributed by atoms with Crippen LogP contribution in [0.2, 0.25) is 10.0 Å². The number of halogens is 2. The first-order chi connectivity index (χ1) is 19.8. The van der Waals surface area contributed by atoms with Gasteiger partial charge < -0.3 is 30.0 Å². The number of aromatic amines is 1. The number of hydrogen-bond acceptors (Lipinski definition) is 10. The quantitative estimate of drug-likeness (QED) is 0.180. The number of hydrogen-bond donors (Lipinski definition) is 3. The predicted molar refractivity (Wildman–Crippen MR) is 162 cm³/mol. The maximum Gasteiger partial charge on any atom is 0.350 e. The highest BCUT2D eigenvalue weighted by atomic mass is 35.5. The Hall–Kier alpha value is -2.93. The molecule has 41 heavy (non-hydrogen) atoms. The molecule has 0 aliphatic carbocycles. The lowest BCUT2D eigenvalue weighted by atomic mass is 10.0.